The molecule has 2 aliphatic rings. The highest BCUT2D eigenvalue weighted by molar-refractivity contribution is 5.91. The van der Waals surface area contributed by atoms with Crippen molar-refractivity contribution in [2.75, 3.05) is 31.2 Å². The fraction of sp³-hybridized carbons (Fsp3) is 0.280. The zero-order chi connectivity index (χ0) is 24.4. The summed E-state index contributed by atoms with van der Waals surface area (Å²) in [7, 11) is 0. The van der Waals surface area contributed by atoms with E-state index in [0.29, 0.717) is 25.2 Å². The van der Waals surface area contributed by atoms with Crippen LogP contribution in [0.15, 0.2) is 61.1 Å². The topological polar surface area (TPSA) is 80.2 Å². The van der Waals surface area contributed by atoms with Crippen molar-refractivity contribution in [2.45, 2.75) is 18.6 Å². The monoisotopic (exact) mass is 481 g/mol. The van der Waals surface area contributed by atoms with Crippen LogP contribution in [0.25, 0.3) is 5.57 Å². The largest absolute Gasteiger partial charge is 0.412 e. The van der Waals surface area contributed by atoms with E-state index in [4.69, 9.17) is 4.74 Å². The number of hydrogen-bond acceptors (Lipinski definition) is 6. The number of benzene rings is 1. The summed E-state index contributed by atoms with van der Waals surface area (Å²) in [6.45, 7) is 2.90. The van der Waals surface area contributed by atoms with E-state index in [1.807, 2.05) is 17.6 Å². The number of carbonyl (C=O) groups is 1. The first kappa shape index (κ1) is 23.0. The lowest BCUT2D eigenvalue weighted by atomic mass is 10.0. The second kappa shape index (κ2) is 9.46. The summed E-state index contributed by atoms with van der Waals surface area (Å²) in [6, 6.07) is 7.11. The van der Waals surface area contributed by atoms with Gasteiger partial charge in [-0.15, -0.1) is 0 Å². The Morgan fingerprint density at radius 2 is 1.74 bits per heavy atom. The zero-order valence-electron chi connectivity index (χ0n) is 18.6. The van der Waals surface area contributed by atoms with Crippen LogP contribution in [-0.2, 0) is 11.2 Å². The Bertz CT molecular complexity index is 1240. The third kappa shape index (κ3) is 4.88. The lowest BCUT2D eigenvalue weighted by molar-refractivity contribution is -0.155. The highest BCUT2D eigenvalue weighted by atomic mass is 19.4. The molecule has 1 N–H and O–H groups in total. The van der Waals surface area contributed by atoms with Gasteiger partial charge in [-0.25, -0.2) is 9.97 Å². The highest BCUT2D eigenvalue weighted by Crippen LogP contribution is 2.34. The molecule has 35 heavy (non-hydrogen) atoms. The minimum Gasteiger partial charge on any atom is -0.378 e. The van der Waals surface area contributed by atoms with Crippen molar-refractivity contribution in [1.82, 2.24) is 20.3 Å². The average molecular weight is 481 g/mol. The van der Waals surface area contributed by atoms with Crippen LogP contribution in [0.5, 0.6) is 0 Å². The minimum absolute atomic E-state index is 0.0683. The van der Waals surface area contributed by atoms with E-state index in [0.717, 1.165) is 35.6 Å². The predicted molar refractivity (Wildman–Crippen MR) is 123 cm³/mol. The lowest BCUT2D eigenvalue weighted by Crippen LogP contribution is -2.38. The van der Waals surface area contributed by atoms with Crippen molar-refractivity contribution in [3.63, 3.8) is 0 Å². The summed E-state index contributed by atoms with van der Waals surface area (Å²) in [4.78, 5) is 27.5. The number of nitrogens with one attached hydrogen (secondary N) is 1. The van der Waals surface area contributed by atoms with Gasteiger partial charge in [0.25, 0.3) is 5.91 Å². The third-order valence-electron chi connectivity index (χ3n) is 6.02. The molecule has 3 aromatic rings. The van der Waals surface area contributed by atoms with Crippen LogP contribution in [0.3, 0.4) is 0 Å². The predicted octanol–water partition coefficient (Wildman–Crippen LogP) is 3.73. The molecule has 0 radical (unpaired) electrons. The summed E-state index contributed by atoms with van der Waals surface area (Å²) in [5.74, 6) is -1.34. The van der Waals surface area contributed by atoms with E-state index in [1.54, 1.807) is 6.07 Å². The summed E-state index contributed by atoms with van der Waals surface area (Å²) in [6.07, 6.45) is 2.76. The Hall–Kier alpha value is -3.79. The number of hydrogen-bond donors (Lipinski definition) is 1. The Morgan fingerprint density at radius 3 is 2.43 bits per heavy atom. The van der Waals surface area contributed by atoms with Gasteiger partial charge in [0.1, 0.15) is 0 Å². The van der Waals surface area contributed by atoms with Crippen LogP contribution in [0.2, 0.25) is 0 Å². The van der Waals surface area contributed by atoms with Crippen LogP contribution in [-0.4, -0.2) is 53.3 Å². The molecule has 1 amide bonds. The van der Waals surface area contributed by atoms with Gasteiger partial charge in [0, 0.05) is 43.0 Å². The maximum Gasteiger partial charge on any atom is 0.412 e. The summed E-state index contributed by atoms with van der Waals surface area (Å²) in [5.41, 5.74) is 4.35. The molecule has 5 rings (SSSR count). The van der Waals surface area contributed by atoms with Crippen LogP contribution in [0.4, 0.5) is 18.9 Å². The molecule has 1 saturated heterocycles. The molecule has 1 aliphatic heterocycles. The van der Waals surface area contributed by atoms with Gasteiger partial charge in [-0.2, -0.15) is 13.2 Å². The van der Waals surface area contributed by atoms with Crippen molar-refractivity contribution in [3.05, 3.63) is 89.3 Å². The Morgan fingerprint density at radius 1 is 1.03 bits per heavy atom. The first-order chi connectivity index (χ1) is 16.9. The molecule has 180 valence electrons. The molecule has 2 aromatic heterocycles. The number of ether oxygens (including phenoxy) is 1. The maximum absolute atomic E-state index is 13.6. The van der Waals surface area contributed by atoms with Gasteiger partial charge in [-0.3, -0.25) is 9.78 Å². The third-order valence-corrected chi connectivity index (χ3v) is 6.02. The van der Waals surface area contributed by atoms with Crippen molar-refractivity contribution < 1.29 is 22.7 Å². The molecule has 3 heterocycles. The second-order valence-corrected chi connectivity index (χ2v) is 8.26. The number of fused-ring (bicyclic) bond motifs is 1. The van der Waals surface area contributed by atoms with Gasteiger partial charge < -0.3 is 15.0 Å². The zero-order valence-corrected chi connectivity index (χ0v) is 18.6. The van der Waals surface area contributed by atoms with Gasteiger partial charge in [0.2, 0.25) is 5.82 Å². The van der Waals surface area contributed by atoms with E-state index in [9.17, 15) is 18.0 Å². The second-order valence-electron chi connectivity index (χ2n) is 8.26. The number of morpholine rings is 1. The van der Waals surface area contributed by atoms with E-state index in [-0.39, 0.29) is 11.4 Å². The SMILES string of the molecule is O=C(N[C@H](c1ccccc1)C(F)(F)F)c1ncc(C2=CCc3ncc(N4CCOCC4)cc32)cn1. The van der Waals surface area contributed by atoms with Gasteiger partial charge in [0.15, 0.2) is 6.04 Å². The Labute approximate surface area is 199 Å². The van der Waals surface area contributed by atoms with Crippen LogP contribution in [0.1, 0.15) is 39.0 Å². The van der Waals surface area contributed by atoms with Gasteiger partial charge in [-0.1, -0.05) is 36.4 Å². The number of rotatable bonds is 5. The quantitative estimate of drug-likeness (QED) is 0.598. The first-order valence-electron chi connectivity index (χ1n) is 11.2. The molecule has 10 heteroatoms. The van der Waals surface area contributed by atoms with E-state index in [1.165, 1.54) is 36.7 Å². The molecule has 0 saturated carbocycles. The summed E-state index contributed by atoms with van der Waals surface area (Å²) in [5, 5.41) is 2.01. The van der Waals surface area contributed by atoms with Crippen LogP contribution in [0, 0.1) is 0 Å². The summed E-state index contributed by atoms with van der Waals surface area (Å²) >= 11 is 0. The van der Waals surface area contributed by atoms with Gasteiger partial charge in [0.05, 0.1) is 30.8 Å². The molecule has 0 bridgehead atoms. The molecule has 1 fully saturated rings. The standard InChI is InChI=1S/C25H22F3N5O2/c26-25(27,28)22(16-4-2-1-3-5-16)32-24(34)23-30-13-17(14-31-23)19-6-7-21-20(19)12-18(15-29-21)33-8-10-35-11-9-33/h1-6,12-15,22H,7-11H2,(H,32,34)/t22-/m1/s1. The molecule has 7 nitrogen and oxygen atoms in total. The maximum atomic E-state index is 13.6. The number of alkyl halides is 3. The van der Waals surface area contributed by atoms with Gasteiger partial charge >= 0.3 is 6.18 Å². The number of allylic oxidation sites excluding steroid dienone is 1. The van der Waals surface area contributed by atoms with E-state index in [2.05, 4.69) is 25.9 Å². The van der Waals surface area contributed by atoms with E-state index >= 15 is 0 Å². The number of pyridine rings is 1. The van der Waals surface area contributed by atoms with Gasteiger partial charge in [-0.05, 0) is 17.2 Å². The average Bonchev–Trinajstić information content (AvgIpc) is 3.31. The molecular formula is C25H22F3N5O2. The normalized spacial score (nSPS) is 16.4. The molecule has 1 atom stereocenters. The number of halogens is 3. The summed E-state index contributed by atoms with van der Waals surface area (Å²) < 4.78 is 46.2. The van der Waals surface area contributed by atoms with E-state index < -0.39 is 18.1 Å². The van der Waals surface area contributed by atoms with Crippen molar-refractivity contribution >= 4 is 17.2 Å². The molecule has 0 unspecified atom stereocenters. The van der Waals surface area contributed by atoms with Crippen LogP contribution < -0.4 is 10.2 Å². The molecule has 1 aliphatic carbocycles. The number of amides is 1. The smallest absolute Gasteiger partial charge is 0.378 e. The Kier molecular flexibility index (Phi) is 6.21. The van der Waals surface area contributed by atoms with Crippen molar-refractivity contribution in [2.24, 2.45) is 0 Å². The Balaban J connectivity index is 1.34. The number of aromatic nitrogens is 3. The molecular weight excluding hydrogens is 459 g/mol. The first-order valence-corrected chi connectivity index (χ1v) is 11.2. The van der Waals surface area contributed by atoms with Crippen LogP contribution >= 0.6 is 0 Å². The lowest BCUT2D eigenvalue weighted by Gasteiger charge is -2.29. The molecule has 1 aromatic carbocycles. The van der Waals surface area contributed by atoms with Crippen molar-refractivity contribution in [1.29, 1.82) is 0 Å². The number of anilines is 1. The van der Waals surface area contributed by atoms with Crippen molar-refractivity contribution in [3.8, 4) is 0 Å². The highest BCUT2D eigenvalue weighted by Gasteiger charge is 2.42. The fourth-order valence-electron chi connectivity index (χ4n) is 4.23. The fourth-order valence-corrected chi connectivity index (χ4v) is 4.23. The molecule has 0 spiro atoms. The number of nitrogens with zero attached hydrogens (tertiary/aromatic N) is 4. The minimum atomic E-state index is -4.67. The number of carbonyl (C=O) groups excluding carboxylic acids is 1.